The second-order valence-electron chi connectivity index (χ2n) is 4.22. The van der Waals surface area contributed by atoms with Gasteiger partial charge in [-0.3, -0.25) is 0 Å². The predicted octanol–water partition coefficient (Wildman–Crippen LogP) is 3.32. The molecule has 88 valence electrons. The third-order valence-electron chi connectivity index (χ3n) is 3.14. The molecule has 1 aromatic rings. The fourth-order valence-electron chi connectivity index (χ4n) is 2.40. The van der Waals surface area contributed by atoms with Crippen molar-refractivity contribution in [1.82, 2.24) is 0 Å². The van der Waals surface area contributed by atoms with E-state index in [1.165, 1.54) is 32.1 Å². The maximum absolute atomic E-state index is 8.93. The van der Waals surface area contributed by atoms with Crippen LogP contribution in [0.3, 0.4) is 0 Å². The fraction of sp³-hybridized carbons (Fsp3) is 0.500. The Kier molecular flexibility index (Phi) is 4.16. The van der Waals surface area contributed by atoms with Gasteiger partial charge in [0.1, 0.15) is 5.75 Å². The van der Waals surface area contributed by atoms with Crippen molar-refractivity contribution in [3.63, 3.8) is 0 Å². The average molecular weight is 240 g/mol. The van der Waals surface area contributed by atoms with E-state index in [1.54, 1.807) is 0 Å². The van der Waals surface area contributed by atoms with Crippen molar-refractivity contribution in [3.8, 4) is 5.75 Å². The standard InChI is InChI=1S/C12H17O3P/c13-16(14)15-12-9-5-4-8-11(12)10-6-2-1-3-7-10/h4-5,8-10,13-14H,1-3,6-7H2. The van der Waals surface area contributed by atoms with Gasteiger partial charge in [-0.2, -0.15) is 0 Å². The second-order valence-corrected chi connectivity index (χ2v) is 4.90. The van der Waals surface area contributed by atoms with Crippen LogP contribution in [0.1, 0.15) is 43.6 Å². The SMILES string of the molecule is OP(O)Oc1ccccc1C1CCCCC1. The molecule has 1 saturated carbocycles. The molecule has 2 N–H and O–H groups in total. The van der Waals surface area contributed by atoms with Gasteiger partial charge < -0.3 is 14.3 Å². The molecule has 0 amide bonds. The van der Waals surface area contributed by atoms with Crippen molar-refractivity contribution in [2.75, 3.05) is 0 Å². The zero-order valence-corrected chi connectivity index (χ0v) is 10.1. The monoisotopic (exact) mass is 240 g/mol. The van der Waals surface area contributed by atoms with Crippen LogP contribution in [0.2, 0.25) is 0 Å². The molecule has 0 spiro atoms. The Morgan fingerprint density at radius 1 is 1.06 bits per heavy atom. The smallest absolute Gasteiger partial charge is 0.391 e. The summed E-state index contributed by atoms with van der Waals surface area (Å²) in [6.45, 7) is 0. The average Bonchev–Trinajstić information content (AvgIpc) is 2.30. The lowest BCUT2D eigenvalue weighted by atomic mass is 9.84. The molecule has 1 fully saturated rings. The molecule has 1 aliphatic rings. The van der Waals surface area contributed by atoms with Gasteiger partial charge in [-0.05, 0) is 30.4 Å². The highest BCUT2D eigenvalue weighted by atomic mass is 31.2. The Labute approximate surface area is 97.1 Å². The van der Waals surface area contributed by atoms with Crippen LogP contribution in [0.4, 0.5) is 0 Å². The quantitative estimate of drug-likeness (QED) is 0.797. The van der Waals surface area contributed by atoms with Gasteiger partial charge >= 0.3 is 8.60 Å². The lowest BCUT2D eigenvalue weighted by Crippen LogP contribution is -2.05. The van der Waals surface area contributed by atoms with Crippen molar-refractivity contribution in [1.29, 1.82) is 0 Å². The summed E-state index contributed by atoms with van der Waals surface area (Å²) in [4.78, 5) is 17.9. The first-order valence-electron chi connectivity index (χ1n) is 5.72. The van der Waals surface area contributed by atoms with Gasteiger partial charge in [-0.25, -0.2) is 0 Å². The maximum atomic E-state index is 8.93. The van der Waals surface area contributed by atoms with Crippen LogP contribution in [0.15, 0.2) is 24.3 Å². The molecule has 4 heteroatoms. The molecular formula is C12H17O3P. The van der Waals surface area contributed by atoms with E-state index in [1.807, 2.05) is 24.3 Å². The van der Waals surface area contributed by atoms with Crippen LogP contribution in [0.25, 0.3) is 0 Å². The van der Waals surface area contributed by atoms with Gasteiger partial charge in [0.2, 0.25) is 0 Å². The van der Waals surface area contributed by atoms with Gasteiger partial charge in [-0.1, -0.05) is 37.5 Å². The first kappa shape index (κ1) is 11.8. The highest BCUT2D eigenvalue weighted by Gasteiger charge is 2.19. The first-order chi connectivity index (χ1) is 7.77. The van der Waals surface area contributed by atoms with E-state index in [4.69, 9.17) is 14.3 Å². The van der Waals surface area contributed by atoms with Gasteiger partial charge in [0.25, 0.3) is 0 Å². The van der Waals surface area contributed by atoms with E-state index < -0.39 is 8.60 Å². The molecule has 0 heterocycles. The number of para-hydroxylation sites is 1. The van der Waals surface area contributed by atoms with Crippen LogP contribution in [0.5, 0.6) is 5.75 Å². The number of benzene rings is 1. The van der Waals surface area contributed by atoms with E-state index in [-0.39, 0.29) is 0 Å². The summed E-state index contributed by atoms with van der Waals surface area (Å²) in [7, 11) is -2.31. The highest BCUT2D eigenvalue weighted by Crippen LogP contribution is 2.40. The molecule has 0 aliphatic heterocycles. The molecule has 1 aliphatic carbocycles. The molecule has 0 atom stereocenters. The molecule has 3 nitrogen and oxygen atoms in total. The van der Waals surface area contributed by atoms with Crippen LogP contribution in [0, 0.1) is 0 Å². The third-order valence-corrected chi connectivity index (χ3v) is 3.50. The van der Waals surface area contributed by atoms with E-state index in [0.717, 1.165) is 5.56 Å². The Hall–Kier alpha value is -0.630. The molecule has 1 aromatic carbocycles. The molecule has 0 bridgehead atoms. The van der Waals surface area contributed by atoms with Gasteiger partial charge in [0, 0.05) is 0 Å². The van der Waals surface area contributed by atoms with Crippen LogP contribution < -0.4 is 4.52 Å². The Morgan fingerprint density at radius 2 is 1.75 bits per heavy atom. The summed E-state index contributed by atoms with van der Waals surface area (Å²) in [6.07, 6.45) is 6.18. The summed E-state index contributed by atoms with van der Waals surface area (Å²) in [6, 6.07) is 7.68. The Balaban J connectivity index is 2.17. The normalized spacial score (nSPS) is 17.7. The second kappa shape index (κ2) is 5.62. The number of rotatable bonds is 3. The topological polar surface area (TPSA) is 49.7 Å². The zero-order chi connectivity index (χ0) is 11.4. The van der Waals surface area contributed by atoms with E-state index in [2.05, 4.69) is 0 Å². The molecule has 0 unspecified atom stereocenters. The summed E-state index contributed by atoms with van der Waals surface area (Å²) >= 11 is 0. The minimum Gasteiger partial charge on any atom is -0.427 e. The number of hydrogen-bond acceptors (Lipinski definition) is 3. The Bertz CT molecular complexity index is 335. The lowest BCUT2D eigenvalue weighted by Gasteiger charge is -2.24. The van der Waals surface area contributed by atoms with E-state index >= 15 is 0 Å². The van der Waals surface area contributed by atoms with Crippen molar-refractivity contribution in [2.24, 2.45) is 0 Å². The molecule has 0 radical (unpaired) electrons. The first-order valence-corrected chi connectivity index (χ1v) is 6.88. The van der Waals surface area contributed by atoms with E-state index in [0.29, 0.717) is 11.7 Å². The summed E-state index contributed by atoms with van der Waals surface area (Å²) in [5.74, 6) is 1.14. The van der Waals surface area contributed by atoms with Crippen LogP contribution >= 0.6 is 8.60 Å². The Morgan fingerprint density at radius 3 is 2.44 bits per heavy atom. The maximum Gasteiger partial charge on any atom is 0.391 e. The number of hydrogen-bond donors (Lipinski definition) is 2. The van der Waals surface area contributed by atoms with Crippen LogP contribution in [-0.2, 0) is 0 Å². The predicted molar refractivity (Wildman–Crippen MR) is 64.3 cm³/mol. The van der Waals surface area contributed by atoms with Gasteiger partial charge in [-0.15, -0.1) is 0 Å². The summed E-state index contributed by atoms with van der Waals surface area (Å²) in [5.41, 5.74) is 1.12. The van der Waals surface area contributed by atoms with Crippen molar-refractivity contribution in [2.45, 2.75) is 38.0 Å². The molecule has 0 saturated heterocycles. The molecular weight excluding hydrogens is 223 g/mol. The minimum atomic E-state index is -2.31. The lowest BCUT2D eigenvalue weighted by molar-refractivity contribution is 0.367. The summed E-state index contributed by atoms with van der Waals surface area (Å²) < 4.78 is 5.07. The molecule has 16 heavy (non-hydrogen) atoms. The third kappa shape index (κ3) is 2.94. The van der Waals surface area contributed by atoms with E-state index in [9.17, 15) is 0 Å². The van der Waals surface area contributed by atoms with Gasteiger partial charge in [0.15, 0.2) is 0 Å². The largest absolute Gasteiger partial charge is 0.427 e. The van der Waals surface area contributed by atoms with Gasteiger partial charge in [0.05, 0.1) is 0 Å². The van der Waals surface area contributed by atoms with Crippen molar-refractivity contribution >= 4 is 8.60 Å². The molecule has 2 rings (SSSR count). The van der Waals surface area contributed by atoms with Crippen LogP contribution in [-0.4, -0.2) is 9.79 Å². The van der Waals surface area contributed by atoms with Crippen molar-refractivity contribution in [3.05, 3.63) is 29.8 Å². The fourth-order valence-corrected chi connectivity index (χ4v) is 2.74. The highest BCUT2D eigenvalue weighted by molar-refractivity contribution is 7.39. The zero-order valence-electron chi connectivity index (χ0n) is 9.17. The minimum absolute atomic E-state index is 0.514. The molecule has 0 aromatic heterocycles. The van der Waals surface area contributed by atoms with Crippen molar-refractivity contribution < 1.29 is 14.3 Å². The summed E-state index contributed by atoms with van der Waals surface area (Å²) in [5, 5.41) is 0.